The van der Waals surface area contributed by atoms with Crippen molar-refractivity contribution in [3.8, 4) is 11.1 Å². The lowest BCUT2D eigenvalue weighted by Gasteiger charge is -2.42. The van der Waals surface area contributed by atoms with E-state index in [-0.39, 0.29) is 36.8 Å². The number of ether oxygens (including phenoxy) is 1. The summed E-state index contributed by atoms with van der Waals surface area (Å²) < 4.78 is 5.68. The standard InChI is InChI=1S/C28H30N2O5/c31-24(32)15-27(10-5-11-27)30-25(33)28-13-17(28)12-18(14-28)29-26(34)35-16-23-21-8-3-1-6-19(21)20-7-2-4-9-22(20)23/h1-4,6-9,17-18,23H,5,10-16H2,(H,29,34)(H,30,33)(H,31,32). The first-order valence-electron chi connectivity index (χ1n) is 12.6. The Kier molecular flexibility index (Phi) is 5.13. The normalized spacial score (nSPS) is 27.1. The van der Waals surface area contributed by atoms with Crippen molar-refractivity contribution in [1.29, 1.82) is 0 Å². The van der Waals surface area contributed by atoms with Crippen LogP contribution >= 0.6 is 0 Å². The topological polar surface area (TPSA) is 105 Å². The van der Waals surface area contributed by atoms with Crippen molar-refractivity contribution in [2.75, 3.05) is 6.61 Å². The SMILES string of the molecule is O=C(O)CC1(NC(=O)C23CC(NC(=O)OCC4c5ccccc5-c5ccccc54)CC2C3)CCC1. The number of benzene rings is 2. The summed E-state index contributed by atoms with van der Waals surface area (Å²) in [7, 11) is 0. The molecule has 0 saturated heterocycles. The van der Waals surface area contributed by atoms with E-state index < -0.39 is 23.0 Å². The molecule has 3 saturated carbocycles. The third kappa shape index (κ3) is 3.77. The van der Waals surface area contributed by atoms with E-state index in [0.29, 0.717) is 19.3 Å². The summed E-state index contributed by atoms with van der Waals surface area (Å²) in [5.74, 6) is -0.671. The first kappa shape index (κ1) is 22.1. The largest absolute Gasteiger partial charge is 0.481 e. The lowest BCUT2D eigenvalue weighted by atomic mass is 9.74. The van der Waals surface area contributed by atoms with E-state index in [1.165, 1.54) is 22.3 Å². The second-order valence-electron chi connectivity index (χ2n) is 10.8. The number of fused-ring (bicyclic) bond motifs is 4. The number of carbonyl (C=O) groups excluding carboxylic acids is 2. The summed E-state index contributed by atoms with van der Waals surface area (Å²) in [5.41, 5.74) is 3.66. The van der Waals surface area contributed by atoms with E-state index in [2.05, 4.69) is 34.9 Å². The summed E-state index contributed by atoms with van der Waals surface area (Å²) in [6, 6.07) is 16.4. The highest BCUT2D eigenvalue weighted by molar-refractivity contribution is 5.88. The van der Waals surface area contributed by atoms with Crippen LogP contribution < -0.4 is 10.6 Å². The van der Waals surface area contributed by atoms with E-state index in [0.717, 1.165) is 19.3 Å². The molecule has 182 valence electrons. The van der Waals surface area contributed by atoms with Gasteiger partial charge in [0.15, 0.2) is 0 Å². The number of nitrogens with one attached hydrogen (secondary N) is 2. The Bertz CT molecular complexity index is 1160. The molecule has 0 aliphatic heterocycles. The zero-order chi connectivity index (χ0) is 24.2. The molecule has 0 heterocycles. The van der Waals surface area contributed by atoms with E-state index in [1.54, 1.807) is 0 Å². The number of rotatable bonds is 7. The van der Waals surface area contributed by atoms with Crippen LogP contribution in [0.2, 0.25) is 0 Å². The van der Waals surface area contributed by atoms with E-state index in [4.69, 9.17) is 4.74 Å². The highest BCUT2D eigenvalue weighted by Crippen LogP contribution is 2.64. The Morgan fingerprint density at radius 3 is 2.23 bits per heavy atom. The fourth-order valence-electron chi connectivity index (χ4n) is 6.70. The molecule has 35 heavy (non-hydrogen) atoms. The molecule has 3 N–H and O–H groups in total. The smallest absolute Gasteiger partial charge is 0.407 e. The van der Waals surface area contributed by atoms with Gasteiger partial charge in [0.2, 0.25) is 5.91 Å². The molecule has 4 aliphatic carbocycles. The summed E-state index contributed by atoms with van der Waals surface area (Å²) in [4.78, 5) is 37.1. The van der Waals surface area contributed by atoms with Gasteiger partial charge in [0.25, 0.3) is 0 Å². The first-order valence-corrected chi connectivity index (χ1v) is 12.6. The number of hydrogen-bond acceptors (Lipinski definition) is 4. The molecule has 0 bridgehead atoms. The molecule has 6 rings (SSSR count). The molecule has 3 unspecified atom stereocenters. The van der Waals surface area contributed by atoms with Crippen LogP contribution in [-0.4, -0.2) is 41.3 Å². The molecule has 2 amide bonds. The van der Waals surface area contributed by atoms with Gasteiger partial charge in [-0.3, -0.25) is 9.59 Å². The van der Waals surface area contributed by atoms with E-state index in [1.807, 2.05) is 24.3 Å². The third-order valence-corrected chi connectivity index (χ3v) is 8.71. The monoisotopic (exact) mass is 474 g/mol. The van der Waals surface area contributed by atoms with Crippen LogP contribution in [0.15, 0.2) is 48.5 Å². The molecule has 0 radical (unpaired) electrons. The lowest BCUT2D eigenvalue weighted by molar-refractivity contribution is -0.141. The Hall–Kier alpha value is -3.35. The molecule has 4 aliphatic rings. The number of hydrogen-bond donors (Lipinski definition) is 3. The predicted octanol–water partition coefficient (Wildman–Crippen LogP) is 4.21. The fraction of sp³-hybridized carbons (Fsp3) is 0.464. The molecule has 0 aromatic heterocycles. The second kappa shape index (κ2) is 8.11. The minimum Gasteiger partial charge on any atom is -0.481 e. The first-order chi connectivity index (χ1) is 16.9. The van der Waals surface area contributed by atoms with E-state index in [9.17, 15) is 19.5 Å². The Morgan fingerprint density at radius 1 is 0.971 bits per heavy atom. The summed E-state index contributed by atoms with van der Waals surface area (Å²) in [5, 5.41) is 15.3. The highest BCUT2D eigenvalue weighted by atomic mass is 16.5. The Balaban J connectivity index is 1.05. The van der Waals surface area contributed by atoms with Crippen LogP contribution in [-0.2, 0) is 14.3 Å². The second-order valence-corrected chi connectivity index (χ2v) is 10.8. The lowest BCUT2D eigenvalue weighted by Crippen LogP contribution is -2.56. The molecule has 7 heteroatoms. The van der Waals surface area contributed by atoms with Crippen LogP contribution in [0, 0.1) is 11.3 Å². The van der Waals surface area contributed by atoms with Gasteiger partial charge in [-0.25, -0.2) is 4.79 Å². The van der Waals surface area contributed by atoms with Crippen molar-refractivity contribution in [2.24, 2.45) is 11.3 Å². The maximum absolute atomic E-state index is 13.1. The fourth-order valence-corrected chi connectivity index (χ4v) is 6.70. The predicted molar refractivity (Wildman–Crippen MR) is 129 cm³/mol. The van der Waals surface area contributed by atoms with Gasteiger partial charge in [0, 0.05) is 12.0 Å². The van der Waals surface area contributed by atoms with Crippen molar-refractivity contribution in [3.05, 3.63) is 59.7 Å². The average molecular weight is 475 g/mol. The van der Waals surface area contributed by atoms with Crippen molar-refractivity contribution in [3.63, 3.8) is 0 Å². The molecular formula is C28H30N2O5. The van der Waals surface area contributed by atoms with Crippen molar-refractivity contribution < 1.29 is 24.2 Å². The summed E-state index contributed by atoms with van der Waals surface area (Å²) in [6.45, 7) is 0.263. The molecule has 2 aromatic rings. The van der Waals surface area contributed by atoms with Gasteiger partial charge in [-0.1, -0.05) is 48.5 Å². The quantitative estimate of drug-likeness (QED) is 0.558. The molecule has 7 nitrogen and oxygen atoms in total. The van der Waals surface area contributed by atoms with Crippen LogP contribution in [0.25, 0.3) is 11.1 Å². The Labute approximate surface area is 204 Å². The number of aliphatic carboxylic acids is 1. The summed E-state index contributed by atoms with van der Waals surface area (Å²) >= 11 is 0. The minimum atomic E-state index is -0.879. The average Bonchev–Trinajstić information content (AvgIpc) is 3.24. The number of carboxylic acids is 1. The van der Waals surface area contributed by atoms with Gasteiger partial charge >= 0.3 is 12.1 Å². The van der Waals surface area contributed by atoms with Crippen LogP contribution in [0.5, 0.6) is 0 Å². The zero-order valence-corrected chi connectivity index (χ0v) is 19.6. The van der Waals surface area contributed by atoms with Crippen LogP contribution in [0.1, 0.15) is 62.0 Å². The number of alkyl carbamates (subject to hydrolysis) is 1. The number of carboxylic acid groups (broad SMARTS) is 1. The number of carbonyl (C=O) groups is 3. The van der Waals surface area contributed by atoms with Crippen LogP contribution in [0.4, 0.5) is 4.79 Å². The molecular weight excluding hydrogens is 444 g/mol. The van der Waals surface area contributed by atoms with Gasteiger partial charge in [-0.15, -0.1) is 0 Å². The molecule has 2 aromatic carbocycles. The van der Waals surface area contributed by atoms with Gasteiger partial charge in [0.1, 0.15) is 6.61 Å². The van der Waals surface area contributed by atoms with Gasteiger partial charge < -0.3 is 20.5 Å². The zero-order valence-electron chi connectivity index (χ0n) is 19.6. The minimum absolute atomic E-state index is 0.00940. The highest BCUT2D eigenvalue weighted by Gasteiger charge is 2.66. The maximum atomic E-state index is 13.1. The van der Waals surface area contributed by atoms with Gasteiger partial charge in [0.05, 0.1) is 17.4 Å². The van der Waals surface area contributed by atoms with E-state index >= 15 is 0 Å². The van der Waals surface area contributed by atoms with Gasteiger partial charge in [-0.2, -0.15) is 0 Å². The van der Waals surface area contributed by atoms with Crippen LogP contribution in [0.3, 0.4) is 0 Å². The van der Waals surface area contributed by atoms with Crippen molar-refractivity contribution in [1.82, 2.24) is 10.6 Å². The van der Waals surface area contributed by atoms with Crippen molar-refractivity contribution in [2.45, 2.75) is 62.4 Å². The third-order valence-electron chi connectivity index (χ3n) is 8.71. The number of amides is 2. The molecule has 3 fully saturated rings. The van der Waals surface area contributed by atoms with Gasteiger partial charge in [-0.05, 0) is 66.7 Å². The maximum Gasteiger partial charge on any atom is 0.407 e. The Morgan fingerprint density at radius 2 is 1.63 bits per heavy atom. The van der Waals surface area contributed by atoms with Crippen molar-refractivity contribution >= 4 is 18.0 Å². The molecule has 3 atom stereocenters. The molecule has 0 spiro atoms. The summed E-state index contributed by atoms with van der Waals surface area (Å²) in [6.07, 6.45) is 4.04.